The van der Waals surface area contributed by atoms with Crippen LogP contribution in [0, 0.1) is 5.92 Å². The van der Waals surface area contributed by atoms with Gasteiger partial charge in [-0.25, -0.2) is 0 Å². The van der Waals surface area contributed by atoms with Crippen LogP contribution in [-0.2, 0) is 9.59 Å². The van der Waals surface area contributed by atoms with Gasteiger partial charge in [-0.2, -0.15) is 0 Å². The van der Waals surface area contributed by atoms with Gasteiger partial charge in [-0.1, -0.05) is 38.0 Å². The van der Waals surface area contributed by atoms with Crippen molar-refractivity contribution in [2.75, 3.05) is 13.2 Å². The van der Waals surface area contributed by atoms with Gasteiger partial charge < -0.3 is 15.4 Å². The number of amides is 2. The fourth-order valence-corrected chi connectivity index (χ4v) is 2.68. The van der Waals surface area contributed by atoms with E-state index < -0.39 is 0 Å². The first-order valence-electron chi connectivity index (χ1n) is 7.89. The zero-order chi connectivity index (χ0) is 15.8. The molecule has 22 heavy (non-hydrogen) atoms. The predicted molar refractivity (Wildman–Crippen MR) is 84.5 cm³/mol. The van der Waals surface area contributed by atoms with Crippen LogP contribution in [0.25, 0.3) is 0 Å². The fraction of sp³-hybridized carbons (Fsp3) is 0.529. The van der Waals surface area contributed by atoms with Gasteiger partial charge in [0.1, 0.15) is 5.75 Å². The monoisotopic (exact) mass is 304 g/mol. The zero-order valence-electron chi connectivity index (χ0n) is 13.0. The number of ether oxygens (including phenoxy) is 1. The van der Waals surface area contributed by atoms with E-state index in [1.165, 1.54) is 6.42 Å². The topological polar surface area (TPSA) is 67.4 Å². The van der Waals surface area contributed by atoms with E-state index in [4.69, 9.17) is 4.74 Å². The van der Waals surface area contributed by atoms with Gasteiger partial charge in [0.25, 0.3) is 5.91 Å². The lowest BCUT2D eigenvalue weighted by atomic mass is 9.86. The quantitative estimate of drug-likeness (QED) is 0.843. The molecule has 0 saturated heterocycles. The summed E-state index contributed by atoms with van der Waals surface area (Å²) in [5, 5.41) is 5.58. The maximum absolute atomic E-state index is 11.9. The van der Waals surface area contributed by atoms with Crippen LogP contribution >= 0.6 is 0 Å². The minimum atomic E-state index is -0.296. The summed E-state index contributed by atoms with van der Waals surface area (Å²) in [6, 6.07) is 9.36. The maximum Gasteiger partial charge on any atom is 0.258 e. The largest absolute Gasteiger partial charge is 0.484 e. The zero-order valence-corrected chi connectivity index (χ0v) is 13.0. The van der Waals surface area contributed by atoms with Crippen LogP contribution in [0.2, 0.25) is 0 Å². The van der Waals surface area contributed by atoms with Crippen molar-refractivity contribution in [3.8, 4) is 5.75 Å². The molecule has 0 aliphatic heterocycles. The molecule has 0 heterocycles. The van der Waals surface area contributed by atoms with Crippen LogP contribution in [0.3, 0.4) is 0 Å². The highest BCUT2D eigenvalue weighted by atomic mass is 16.5. The smallest absolute Gasteiger partial charge is 0.258 e. The van der Waals surface area contributed by atoms with Crippen LogP contribution < -0.4 is 15.4 Å². The third-order valence-corrected chi connectivity index (χ3v) is 4.02. The summed E-state index contributed by atoms with van der Waals surface area (Å²) in [7, 11) is 0. The van der Waals surface area contributed by atoms with Crippen molar-refractivity contribution in [3.63, 3.8) is 0 Å². The molecular formula is C17H24N2O3. The van der Waals surface area contributed by atoms with Gasteiger partial charge in [0.15, 0.2) is 6.61 Å². The van der Waals surface area contributed by atoms with Crippen LogP contribution in [0.5, 0.6) is 5.75 Å². The first-order valence-corrected chi connectivity index (χ1v) is 7.89. The summed E-state index contributed by atoms with van der Waals surface area (Å²) in [4.78, 5) is 23.5. The van der Waals surface area contributed by atoms with Crippen molar-refractivity contribution in [1.82, 2.24) is 10.6 Å². The molecule has 120 valence electrons. The summed E-state index contributed by atoms with van der Waals surface area (Å²) in [5.41, 5.74) is 0. The number of carbonyl (C=O) groups is 2. The number of benzene rings is 1. The van der Waals surface area contributed by atoms with Crippen molar-refractivity contribution in [2.45, 2.75) is 38.6 Å². The Morgan fingerprint density at radius 3 is 2.59 bits per heavy atom. The van der Waals surface area contributed by atoms with E-state index in [-0.39, 0.29) is 31.0 Å². The number of para-hydroxylation sites is 1. The van der Waals surface area contributed by atoms with Crippen LogP contribution in [0.15, 0.2) is 30.3 Å². The van der Waals surface area contributed by atoms with Gasteiger partial charge in [0, 0.05) is 6.04 Å². The van der Waals surface area contributed by atoms with Crippen molar-refractivity contribution < 1.29 is 14.3 Å². The lowest BCUT2D eigenvalue weighted by Crippen LogP contribution is -2.46. The van der Waals surface area contributed by atoms with E-state index >= 15 is 0 Å². The number of hydrogen-bond donors (Lipinski definition) is 2. The molecule has 0 aromatic heterocycles. The Morgan fingerprint density at radius 2 is 1.86 bits per heavy atom. The average molecular weight is 304 g/mol. The van der Waals surface area contributed by atoms with Gasteiger partial charge in [0.05, 0.1) is 6.54 Å². The summed E-state index contributed by atoms with van der Waals surface area (Å²) >= 11 is 0. The Kier molecular flexibility index (Phi) is 6.25. The van der Waals surface area contributed by atoms with E-state index in [1.54, 1.807) is 12.1 Å². The highest BCUT2D eigenvalue weighted by molar-refractivity contribution is 5.85. The average Bonchev–Trinajstić information content (AvgIpc) is 2.54. The Morgan fingerprint density at radius 1 is 1.14 bits per heavy atom. The van der Waals surface area contributed by atoms with Crippen molar-refractivity contribution in [2.24, 2.45) is 5.92 Å². The molecule has 1 aliphatic rings. The SMILES string of the molecule is C[C@H]1CCCC[C@H]1NC(=O)CNC(=O)COc1ccccc1. The summed E-state index contributed by atoms with van der Waals surface area (Å²) in [6.45, 7) is 2.08. The standard InChI is InChI=1S/C17H24N2O3/c1-13-7-5-6-10-15(13)19-16(20)11-18-17(21)12-22-14-8-3-2-4-9-14/h2-4,8-9,13,15H,5-7,10-12H2,1H3,(H,18,21)(H,19,20)/t13-,15+/m0/s1. The van der Waals surface area contributed by atoms with Crippen LogP contribution in [-0.4, -0.2) is 31.0 Å². The number of nitrogens with one attached hydrogen (secondary N) is 2. The second-order valence-electron chi connectivity index (χ2n) is 5.81. The van der Waals surface area contributed by atoms with E-state index in [2.05, 4.69) is 17.6 Å². The molecular weight excluding hydrogens is 280 g/mol. The molecule has 0 radical (unpaired) electrons. The summed E-state index contributed by atoms with van der Waals surface area (Å²) < 4.78 is 5.32. The first-order chi connectivity index (χ1) is 10.6. The molecule has 0 unspecified atom stereocenters. The molecule has 5 heteroatoms. The van der Waals surface area contributed by atoms with Crippen LogP contribution in [0.1, 0.15) is 32.6 Å². The fourth-order valence-electron chi connectivity index (χ4n) is 2.68. The van der Waals surface area contributed by atoms with E-state index in [0.29, 0.717) is 11.7 Å². The molecule has 5 nitrogen and oxygen atoms in total. The second-order valence-corrected chi connectivity index (χ2v) is 5.81. The molecule has 1 aromatic rings. The van der Waals surface area contributed by atoms with E-state index in [1.807, 2.05) is 18.2 Å². The normalized spacial score (nSPS) is 21.0. The molecule has 2 atom stereocenters. The minimum absolute atomic E-state index is 0.000201. The lowest BCUT2D eigenvalue weighted by Gasteiger charge is -2.29. The maximum atomic E-state index is 11.9. The number of rotatable bonds is 6. The van der Waals surface area contributed by atoms with Crippen molar-refractivity contribution in [3.05, 3.63) is 30.3 Å². The molecule has 2 amide bonds. The molecule has 2 rings (SSSR count). The van der Waals surface area contributed by atoms with Crippen molar-refractivity contribution >= 4 is 11.8 Å². The van der Waals surface area contributed by atoms with Gasteiger partial charge >= 0.3 is 0 Å². The molecule has 1 saturated carbocycles. The first kappa shape index (κ1) is 16.3. The number of carbonyl (C=O) groups excluding carboxylic acids is 2. The third-order valence-electron chi connectivity index (χ3n) is 4.02. The number of hydrogen-bond acceptors (Lipinski definition) is 3. The van der Waals surface area contributed by atoms with Gasteiger partial charge in [0.2, 0.25) is 5.91 Å². The highest BCUT2D eigenvalue weighted by Crippen LogP contribution is 2.23. The predicted octanol–water partition coefficient (Wildman–Crippen LogP) is 1.88. The minimum Gasteiger partial charge on any atom is -0.484 e. The molecule has 1 aliphatic carbocycles. The Balaban J connectivity index is 1.64. The molecule has 2 N–H and O–H groups in total. The van der Waals surface area contributed by atoms with Gasteiger partial charge in [-0.3, -0.25) is 9.59 Å². The van der Waals surface area contributed by atoms with Gasteiger partial charge in [-0.05, 0) is 30.9 Å². The summed E-state index contributed by atoms with van der Waals surface area (Å²) in [6.07, 6.45) is 4.58. The third kappa shape index (κ3) is 5.39. The molecule has 0 spiro atoms. The van der Waals surface area contributed by atoms with E-state index in [0.717, 1.165) is 19.3 Å². The summed E-state index contributed by atoms with van der Waals surface area (Å²) in [5.74, 6) is 0.718. The molecule has 1 fully saturated rings. The van der Waals surface area contributed by atoms with Gasteiger partial charge in [-0.15, -0.1) is 0 Å². The molecule has 1 aromatic carbocycles. The second kappa shape index (κ2) is 8.41. The van der Waals surface area contributed by atoms with Crippen LogP contribution in [0.4, 0.5) is 0 Å². The molecule has 0 bridgehead atoms. The Labute approximate surface area is 131 Å². The highest BCUT2D eigenvalue weighted by Gasteiger charge is 2.22. The van der Waals surface area contributed by atoms with Crippen molar-refractivity contribution in [1.29, 1.82) is 0 Å². The lowest BCUT2D eigenvalue weighted by molar-refractivity contribution is -0.127. The van der Waals surface area contributed by atoms with E-state index in [9.17, 15) is 9.59 Å². The Bertz CT molecular complexity index is 490. The Hall–Kier alpha value is -2.04.